The molecule has 0 aliphatic rings. The van der Waals surface area contributed by atoms with E-state index in [1.807, 2.05) is 30.3 Å². The van der Waals surface area contributed by atoms with Crippen LogP contribution in [-0.2, 0) is 16.6 Å². The fourth-order valence-corrected chi connectivity index (χ4v) is 4.27. The van der Waals surface area contributed by atoms with E-state index in [0.717, 1.165) is 5.56 Å². The van der Waals surface area contributed by atoms with E-state index >= 15 is 0 Å². The molecule has 0 aliphatic heterocycles. The molecule has 0 saturated carbocycles. The van der Waals surface area contributed by atoms with Crippen LogP contribution in [0.3, 0.4) is 0 Å². The third-order valence-corrected chi connectivity index (χ3v) is 6.08. The monoisotopic (exact) mass is 415 g/mol. The van der Waals surface area contributed by atoms with Gasteiger partial charge in [-0.3, -0.25) is 0 Å². The lowest BCUT2D eigenvalue weighted by atomic mass is 10.2. The Morgan fingerprint density at radius 1 is 0.897 bits per heavy atom. The van der Waals surface area contributed by atoms with E-state index in [9.17, 15) is 17.9 Å². The summed E-state index contributed by atoms with van der Waals surface area (Å²) in [4.78, 5) is 0.155. The molecule has 0 fully saturated rings. The van der Waals surface area contributed by atoms with Gasteiger partial charge in [0.15, 0.2) is 0 Å². The van der Waals surface area contributed by atoms with Gasteiger partial charge in [0.25, 0.3) is 0 Å². The molecule has 3 aromatic carbocycles. The van der Waals surface area contributed by atoms with Crippen molar-refractivity contribution in [1.82, 2.24) is 4.31 Å². The van der Waals surface area contributed by atoms with Gasteiger partial charge in [-0.05, 0) is 42.0 Å². The van der Waals surface area contributed by atoms with E-state index in [1.54, 1.807) is 18.2 Å². The molecule has 3 aromatic rings. The topological polar surface area (TPSA) is 66.8 Å². The number of hydrogen-bond acceptors (Lipinski definition) is 4. The van der Waals surface area contributed by atoms with Crippen molar-refractivity contribution in [3.05, 3.63) is 96.3 Å². The van der Waals surface area contributed by atoms with Crippen LogP contribution in [0.5, 0.6) is 5.75 Å². The second-order valence-electron chi connectivity index (χ2n) is 6.51. The van der Waals surface area contributed by atoms with Gasteiger partial charge in [0.2, 0.25) is 10.0 Å². The highest BCUT2D eigenvalue weighted by atomic mass is 32.2. The summed E-state index contributed by atoms with van der Waals surface area (Å²) < 4.78 is 45.9. The number of benzene rings is 3. The van der Waals surface area contributed by atoms with E-state index < -0.39 is 16.1 Å². The Hall–Kier alpha value is -2.74. The molecule has 0 spiro atoms. The van der Waals surface area contributed by atoms with Crippen LogP contribution in [0, 0.1) is 5.82 Å². The van der Waals surface area contributed by atoms with Crippen molar-refractivity contribution in [2.24, 2.45) is 0 Å². The number of aliphatic hydroxyl groups excluding tert-OH is 1. The maximum atomic E-state index is 13.1. The maximum Gasteiger partial charge on any atom is 0.243 e. The lowest BCUT2D eigenvalue weighted by Gasteiger charge is -2.25. The first-order valence-corrected chi connectivity index (χ1v) is 10.5. The SMILES string of the molecule is O=S(=O)(c1ccccc1)N(Cc1ccccc1)C[C@@H](O)COc1ccc(F)cc1. The highest BCUT2D eigenvalue weighted by Gasteiger charge is 2.27. The normalized spacial score (nSPS) is 12.7. The number of rotatable bonds is 9. The second-order valence-corrected chi connectivity index (χ2v) is 8.45. The van der Waals surface area contributed by atoms with Crippen molar-refractivity contribution in [2.45, 2.75) is 17.5 Å². The van der Waals surface area contributed by atoms with Gasteiger partial charge in [0, 0.05) is 13.1 Å². The summed E-state index contributed by atoms with van der Waals surface area (Å²) in [7, 11) is -3.81. The number of ether oxygens (including phenoxy) is 1. The zero-order valence-electron chi connectivity index (χ0n) is 15.7. The Morgan fingerprint density at radius 2 is 1.48 bits per heavy atom. The molecular weight excluding hydrogens is 393 g/mol. The third kappa shape index (κ3) is 5.87. The van der Waals surface area contributed by atoms with Gasteiger partial charge in [-0.25, -0.2) is 12.8 Å². The van der Waals surface area contributed by atoms with Gasteiger partial charge in [-0.15, -0.1) is 0 Å². The molecule has 5 nitrogen and oxygen atoms in total. The molecule has 1 N–H and O–H groups in total. The lowest BCUT2D eigenvalue weighted by Crippen LogP contribution is -2.39. The van der Waals surface area contributed by atoms with Crippen LogP contribution in [-0.4, -0.2) is 37.1 Å². The van der Waals surface area contributed by atoms with Gasteiger partial charge in [0.05, 0.1) is 4.90 Å². The van der Waals surface area contributed by atoms with Crippen molar-refractivity contribution in [1.29, 1.82) is 0 Å². The highest BCUT2D eigenvalue weighted by molar-refractivity contribution is 7.89. The summed E-state index contributed by atoms with van der Waals surface area (Å²) in [5.41, 5.74) is 0.804. The number of hydrogen-bond donors (Lipinski definition) is 1. The summed E-state index contributed by atoms with van der Waals surface area (Å²) in [6.45, 7) is -0.153. The predicted octanol–water partition coefficient (Wildman–Crippen LogP) is 3.46. The minimum atomic E-state index is -3.81. The number of aliphatic hydroxyl groups is 1. The molecule has 0 unspecified atom stereocenters. The van der Waals surface area contributed by atoms with Crippen molar-refractivity contribution < 1.29 is 22.7 Å². The molecule has 0 aliphatic carbocycles. The molecule has 29 heavy (non-hydrogen) atoms. The standard InChI is InChI=1S/C22H22FNO4S/c23-19-11-13-21(14-12-19)28-17-20(25)16-24(15-18-7-3-1-4-8-18)29(26,27)22-9-5-2-6-10-22/h1-14,20,25H,15-17H2/t20-/m1/s1. The summed E-state index contributed by atoms with van der Waals surface area (Å²) in [6, 6.07) is 22.7. The molecule has 0 saturated heterocycles. The molecule has 7 heteroatoms. The predicted molar refractivity (Wildman–Crippen MR) is 108 cm³/mol. The van der Waals surface area contributed by atoms with Crippen LogP contribution in [0.1, 0.15) is 5.56 Å². The van der Waals surface area contributed by atoms with E-state index in [0.29, 0.717) is 5.75 Å². The second kappa shape index (κ2) is 9.65. The van der Waals surface area contributed by atoms with Crippen molar-refractivity contribution in [3.8, 4) is 5.75 Å². The molecule has 152 valence electrons. The minimum absolute atomic E-state index is 0.117. The minimum Gasteiger partial charge on any atom is -0.491 e. The Morgan fingerprint density at radius 3 is 2.10 bits per heavy atom. The Labute approximate surface area is 170 Å². The quantitative estimate of drug-likeness (QED) is 0.581. The zero-order chi connectivity index (χ0) is 20.7. The summed E-state index contributed by atoms with van der Waals surface area (Å²) in [5, 5.41) is 10.4. The van der Waals surface area contributed by atoms with E-state index in [2.05, 4.69) is 0 Å². The zero-order valence-corrected chi connectivity index (χ0v) is 16.5. The van der Waals surface area contributed by atoms with Gasteiger partial charge in [-0.1, -0.05) is 48.5 Å². The molecule has 3 rings (SSSR count). The largest absolute Gasteiger partial charge is 0.491 e. The van der Waals surface area contributed by atoms with Crippen molar-refractivity contribution in [2.75, 3.05) is 13.2 Å². The number of nitrogens with zero attached hydrogens (tertiary/aromatic N) is 1. The molecule has 0 aromatic heterocycles. The first kappa shape index (κ1) is 21.0. The number of halogens is 1. The average molecular weight is 415 g/mol. The maximum absolute atomic E-state index is 13.1. The first-order chi connectivity index (χ1) is 13.9. The first-order valence-electron chi connectivity index (χ1n) is 9.11. The Balaban J connectivity index is 1.74. The molecule has 0 radical (unpaired) electrons. The fourth-order valence-electron chi connectivity index (χ4n) is 2.79. The van der Waals surface area contributed by atoms with Crippen LogP contribution in [0.15, 0.2) is 89.8 Å². The summed E-state index contributed by atoms with van der Waals surface area (Å²) in [5.74, 6) is 0.00636. The van der Waals surface area contributed by atoms with Gasteiger partial charge < -0.3 is 9.84 Å². The van der Waals surface area contributed by atoms with Crippen LogP contribution >= 0.6 is 0 Å². The van der Waals surface area contributed by atoms with Crippen molar-refractivity contribution in [3.63, 3.8) is 0 Å². The third-order valence-electron chi connectivity index (χ3n) is 4.25. The number of sulfonamides is 1. The average Bonchev–Trinajstić information content (AvgIpc) is 2.74. The summed E-state index contributed by atoms with van der Waals surface area (Å²) in [6.07, 6.45) is -1.07. The molecule has 0 bridgehead atoms. The van der Waals surface area contributed by atoms with Gasteiger partial charge in [0.1, 0.15) is 24.3 Å². The van der Waals surface area contributed by atoms with E-state index in [-0.39, 0.29) is 30.4 Å². The van der Waals surface area contributed by atoms with Crippen LogP contribution in [0.4, 0.5) is 4.39 Å². The Kier molecular flexibility index (Phi) is 6.98. The molecule has 0 amide bonds. The highest BCUT2D eigenvalue weighted by Crippen LogP contribution is 2.19. The Bertz CT molecular complexity index is 996. The van der Waals surface area contributed by atoms with E-state index in [1.165, 1.54) is 40.7 Å². The fraction of sp³-hybridized carbons (Fsp3) is 0.182. The molecular formula is C22H22FNO4S. The van der Waals surface area contributed by atoms with E-state index in [4.69, 9.17) is 4.74 Å². The van der Waals surface area contributed by atoms with Gasteiger partial charge in [-0.2, -0.15) is 4.31 Å². The smallest absolute Gasteiger partial charge is 0.243 e. The van der Waals surface area contributed by atoms with Crippen LogP contribution in [0.25, 0.3) is 0 Å². The molecule has 0 heterocycles. The van der Waals surface area contributed by atoms with Gasteiger partial charge >= 0.3 is 0 Å². The lowest BCUT2D eigenvalue weighted by molar-refractivity contribution is 0.0880. The van der Waals surface area contributed by atoms with Crippen LogP contribution < -0.4 is 4.74 Å². The summed E-state index contributed by atoms with van der Waals surface area (Å²) >= 11 is 0. The van der Waals surface area contributed by atoms with Crippen LogP contribution in [0.2, 0.25) is 0 Å². The molecule has 1 atom stereocenters. The van der Waals surface area contributed by atoms with Crippen molar-refractivity contribution >= 4 is 10.0 Å².